The SMILES string of the molecule is COC(=O)C(O)c1c(C)c(C)cc(OC)c1O. The summed E-state index contributed by atoms with van der Waals surface area (Å²) in [5, 5.41) is 19.7. The second kappa shape index (κ2) is 5.05. The lowest BCUT2D eigenvalue weighted by atomic mass is 9.97. The van der Waals surface area contributed by atoms with E-state index in [0.717, 1.165) is 5.56 Å². The van der Waals surface area contributed by atoms with E-state index in [1.54, 1.807) is 19.9 Å². The summed E-state index contributed by atoms with van der Waals surface area (Å²) in [5.41, 5.74) is 1.55. The van der Waals surface area contributed by atoms with Crippen LogP contribution in [-0.4, -0.2) is 30.4 Å². The predicted octanol–water partition coefficient (Wildman–Crippen LogP) is 1.22. The van der Waals surface area contributed by atoms with Crippen LogP contribution in [0, 0.1) is 13.8 Å². The second-order valence-corrected chi connectivity index (χ2v) is 3.71. The number of phenols is 1. The van der Waals surface area contributed by atoms with E-state index in [0.29, 0.717) is 5.56 Å². The van der Waals surface area contributed by atoms with E-state index in [9.17, 15) is 15.0 Å². The Bertz CT molecular complexity index is 439. The van der Waals surface area contributed by atoms with Gasteiger partial charge in [-0.15, -0.1) is 0 Å². The van der Waals surface area contributed by atoms with Gasteiger partial charge in [0.25, 0.3) is 0 Å². The summed E-state index contributed by atoms with van der Waals surface area (Å²) in [6, 6.07) is 1.64. The third-order valence-electron chi connectivity index (χ3n) is 2.75. The highest BCUT2D eigenvalue weighted by atomic mass is 16.5. The number of phenolic OH excluding ortho intramolecular Hbond substituents is 1. The minimum atomic E-state index is -1.52. The number of methoxy groups -OCH3 is 2. The lowest BCUT2D eigenvalue weighted by molar-refractivity contribution is -0.150. The topological polar surface area (TPSA) is 76.0 Å². The van der Waals surface area contributed by atoms with E-state index < -0.39 is 12.1 Å². The molecule has 1 atom stereocenters. The number of esters is 1. The van der Waals surface area contributed by atoms with Crippen LogP contribution < -0.4 is 4.74 Å². The largest absolute Gasteiger partial charge is 0.504 e. The van der Waals surface area contributed by atoms with Crippen molar-refractivity contribution in [2.24, 2.45) is 0 Å². The zero-order valence-corrected chi connectivity index (χ0v) is 10.3. The molecule has 0 heterocycles. The molecule has 0 aliphatic rings. The van der Waals surface area contributed by atoms with E-state index in [4.69, 9.17) is 4.74 Å². The molecule has 94 valence electrons. The number of aryl methyl sites for hydroxylation is 1. The normalized spacial score (nSPS) is 12.1. The Morgan fingerprint density at radius 2 is 1.94 bits per heavy atom. The maximum Gasteiger partial charge on any atom is 0.339 e. The first-order chi connectivity index (χ1) is 7.93. The molecular formula is C12H16O5. The molecule has 0 aliphatic heterocycles. The molecule has 1 rings (SSSR count). The van der Waals surface area contributed by atoms with Crippen molar-refractivity contribution in [2.75, 3.05) is 14.2 Å². The summed E-state index contributed by atoms with van der Waals surface area (Å²) in [5.74, 6) is -0.851. The van der Waals surface area contributed by atoms with Crippen LogP contribution in [0.25, 0.3) is 0 Å². The first kappa shape index (κ1) is 13.3. The van der Waals surface area contributed by atoms with Gasteiger partial charge >= 0.3 is 5.97 Å². The Balaban J connectivity index is 3.40. The molecule has 1 aromatic rings. The standard InChI is InChI=1S/C12H16O5/c1-6-5-8(16-3)10(13)9(7(6)2)11(14)12(15)17-4/h5,11,13-14H,1-4H3. The van der Waals surface area contributed by atoms with Crippen molar-refractivity contribution in [1.82, 2.24) is 0 Å². The van der Waals surface area contributed by atoms with Gasteiger partial charge in [-0.3, -0.25) is 0 Å². The predicted molar refractivity (Wildman–Crippen MR) is 61.1 cm³/mol. The van der Waals surface area contributed by atoms with Crippen molar-refractivity contribution in [1.29, 1.82) is 0 Å². The van der Waals surface area contributed by atoms with Gasteiger partial charge in [0, 0.05) is 5.56 Å². The van der Waals surface area contributed by atoms with Crippen LogP contribution in [-0.2, 0) is 9.53 Å². The number of hydrogen-bond acceptors (Lipinski definition) is 5. The van der Waals surface area contributed by atoms with E-state index >= 15 is 0 Å². The monoisotopic (exact) mass is 240 g/mol. The van der Waals surface area contributed by atoms with Crippen LogP contribution in [0.5, 0.6) is 11.5 Å². The lowest BCUT2D eigenvalue weighted by Crippen LogP contribution is -2.15. The third-order valence-corrected chi connectivity index (χ3v) is 2.75. The van der Waals surface area contributed by atoms with Crippen molar-refractivity contribution in [3.05, 3.63) is 22.8 Å². The van der Waals surface area contributed by atoms with Crippen molar-refractivity contribution in [3.63, 3.8) is 0 Å². The number of rotatable bonds is 3. The quantitative estimate of drug-likeness (QED) is 0.777. The van der Waals surface area contributed by atoms with Crippen molar-refractivity contribution in [2.45, 2.75) is 20.0 Å². The molecule has 0 fully saturated rings. The van der Waals surface area contributed by atoms with Gasteiger partial charge in [0.15, 0.2) is 17.6 Å². The second-order valence-electron chi connectivity index (χ2n) is 3.71. The van der Waals surface area contributed by atoms with E-state index in [-0.39, 0.29) is 17.1 Å². The van der Waals surface area contributed by atoms with Gasteiger partial charge in [0.1, 0.15) is 0 Å². The Kier molecular flexibility index (Phi) is 3.96. The summed E-state index contributed by atoms with van der Waals surface area (Å²) in [7, 11) is 2.57. The number of carbonyl (C=O) groups excluding carboxylic acids is 1. The molecule has 17 heavy (non-hydrogen) atoms. The number of hydrogen-bond donors (Lipinski definition) is 2. The smallest absolute Gasteiger partial charge is 0.339 e. The third kappa shape index (κ3) is 2.34. The first-order valence-corrected chi connectivity index (χ1v) is 5.07. The highest BCUT2D eigenvalue weighted by Crippen LogP contribution is 2.38. The van der Waals surface area contributed by atoms with Crippen LogP contribution >= 0.6 is 0 Å². The Labute approximate surface area is 99.6 Å². The van der Waals surface area contributed by atoms with Crippen molar-refractivity contribution < 1.29 is 24.5 Å². The molecule has 2 N–H and O–H groups in total. The van der Waals surface area contributed by atoms with Gasteiger partial charge in [-0.1, -0.05) is 0 Å². The molecule has 1 unspecified atom stereocenters. The summed E-state index contributed by atoms with van der Waals surface area (Å²) in [6.07, 6.45) is -1.52. The number of carbonyl (C=O) groups is 1. The Morgan fingerprint density at radius 3 is 2.41 bits per heavy atom. The van der Waals surface area contributed by atoms with Crippen LogP contribution in [0.4, 0.5) is 0 Å². The number of aromatic hydroxyl groups is 1. The molecule has 0 saturated heterocycles. The minimum absolute atomic E-state index is 0.119. The lowest BCUT2D eigenvalue weighted by Gasteiger charge is -2.17. The van der Waals surface area contributed by atoms with E-state index in [1.165, 1.54) is 14.2 Å². The fraction of sp³-hybridized carbons (Fsp3) is 0.417. The fourth-order valence-electron chi connectivity index (χ4n) is 1.62. The average molecular weight is 240 g/mol. The summed E-state index contributed by atoms with van der Waals surface area (Å²) in [4.78, 5) is 11.3. The van der Waals surface area contributed by atoms with Gasteiger partial charge in [-0.25, -0.2) is 4.79 Å². The maximum absolute atomic E-state index is 11.3. The van der Waals surface area contributed by atoms with E-state index in [1.807, 2.05) is 0 Å². The molecule has 0 saturated carbocycles. The molecule has 0 amide bonds. The van der Waals surface area contributed by atoms with Gasteiger partial charge < -0.3 is 19.7 Å². The van der Waals surface area contributed by atoms with Crippen LogP contribution in [0.2, 0.25) is 0 Å². The Hall–Kier alpha value is -1.75. The fourth-order valence-corrected chi connectivity index (χ4v) is 1.62. The van der Waals surface area contributed by atoms with Gasteiger partial charge in [0.2, 0.25) is 0 Å². The van der Waals surface area contributed by atoms with Crippen LogP contribution in [0.3, 0.4) is 0 Å². The minimum Gasteiger partial charge on any atom is -0.504 e. The molecular weight excluding hydrogens is 224 g/mol. The number of ether oxygens (including phenoxy) is 2. The van der Waals surface area contributed by atoms with Crippen molar-refractivity contribution in [3.8, 4) is 11.5 Å². The first-order valence-electron chi connectivity index (χ1n) is 5.07. The summed E-state index contributed by atoms with van der Waals surface area (Å²) >= 11 is 0. The van der Waals surface area contributed by atoms with E-state index in [2.05, 4.69) is 4.74 Å². The molecule has 0 radical (unpaired) electrons. The summed E-state index contributed by atoms with van der Waals surface area (Å²) < 4.78 is 9.42. The van der Waals surface area contributed by atoms with Gasteiger partial charge in [0.05, 0.1) is 14.2 Å². The van der Waals surface area contributed by atoms with Crippen molar-refractivity contribution >= 4 is 5.97 Å². The number of aliphatic hydroxyl groups is 1. The molecule has 0 spiro atoms. The molecule has 0 aromatic heterocycles. The van der Waals surface area contributed by atoms with Crippen LogP contribution in [0.15, 0.2) is 6.07 Å². The zero-order chi connectivity index (χ0) is 13.2. The molecule has 0 bridgehead atoms. The van der Waals surface area contributed by atoms with Crippen LogP contribution in [0.1, 0.15) is 22.8 Å². The molecule has 5 heteroatoms. The maximum atomic E-state index is 11.3. The number of benzene rings is 1. The summed E-state index contributed by atoms with van der Waals surface area (Å²) in [6.45, 7) is 3.50. The van der Waals surface area contributed by atoms with Gasteiger partial charge in [-0.2, -0.15) is 0 Å². The average Bonchev–Trinajstić information content (AvgIpc) is 2.32. The highest BCUT2D eigenvalue weighted by Gasteiger charge is 2.26. The molecule has 0 aliphatic carbocycles. The highest BCUT2D eigenvalue weighted by molar-refractivity contribution is 5.78. The zero-order valence-electron chi connectivity index (χ0n) is 10.3. The van der Waals surface area contributed by atoms with Gasteiger partial charge in [-0.05, 0) is 31.0 Å². The number of aliphatic hydroxyl groups excluding tert-OH is 1. The Morgan fingerprint density at radius 1 is 1.35 bits per heavy atom. The molecule has 1 aromatic carbocycles. The molecule has 5 nitrogen and oxygen atoms in total.